The van der Waals surface area contributed by atoms with Crippen molar-refractivity contribution in [2.45, 2.75) is 57.9 Å². The molecule has 1 amide bonds. The van der Waals surface area contributed by atoms with Gasteiger partial charge in [0.1, 0.15) is 11.5 Å². The predicted octanol–water partition coefficient (Wildman–Crippen LogP) is 4.60. The summed E-state index contributed by atoms with van der Waals surface area (Å²) in [5, 5.41) is 23.5. The molecule has 4 heteroatoms. The summed E-state index contributed by atoms with van der Waals surface area (Å²) in [6.07, 6.45) is 2.48. The van der Waals surface area contributed by atoms with Crippen LogP contribution in [0.4, 0.5) is 0 Å². The van der Waals surface area contributed by atoms with Crippen LogP contribution in [0.3, 0.4) is 0 Å². The van der Waals surface area contributed by atoms with Gasteiger partial charge in [0.2, 0.25) is 5.91 Å². The van der Waals surface area contributed by atoms with Crippen molar-refractivity contribution in [1.82, 2.24) is 5.32 Å². The Hall–Kier alpha value is -2.49. The predicted molar refractivity (Wildman–Crippen MR) is 109 cm³/mol. The molecule has 1 heterocycles. The Kier molecular flexibility index (Phi) is 4.60. The standard InChI is InChI=1S/C24H29NO3/c1-4-24-12-11-19(18-10-9-17(26)13-20(18)27)21(16-7-5-14(2)6-8-16)22(24)15(3)25-23(24)28/h5-10,13,15,19,21-22,26-27H,4,11-12H2,1-3H3,(H,25,28)/t15-,19+,21+,22+,24-/m1/s1. The number of rotatable bonds is 3. The average molecular weight is 380 g/mol. The summed E-state index contributed by atoms with van der Waals surface area (Å²) in [7, 11) is 0. The first-order valence-electron chi connectivity index (χ1n) is 10.3. The highest BCUT2D eigenvalue weighted by Gasteiger charge is 2.59. The number of carbonyl (C=O) groups is 1. The maximum absolute atomic E-state index is 13.0. The van der Waals surface area contributed by atoms with E-state index >= 15 is 0 Å². The molecule has 0 aromatic heterocycles. The Balaban J connectivity index is 1.87. The second kappa shape index (κ2) is 6.84. The zero-order chi connectivity index (χ0) is 20.1. The molecule has 2 aromatic rings. The quantitative estimate of drug-likeness (QED) is 0.730. The molecule has 5 atom stereocenters. The van der Waals surface area contributed by atoms with Crippen LogP contribution in [0.15, 0.2) is 42.5 Å². The van der Waals surface area contributed by atoms with Gasteiger partial charge in [-0.25, -0.2) is 0 Å². The maximum atomic E-state index is 13.0. The number of nitrogens with one attached hydrogen (secondary N) is 1. The lowest BCUT2D eigenvalue weighted by Gasteiger charge is -2.47. The molecule has 1 aliphatic heterocycles. The van der Waals surface area contributed by atoms with Crippen molar-refractivity contribution in [3.63, 3.8) is 0 Å². The van der Waals surface area contributed by atoms with Crippen molar-refractivity contribution in [3.05, 3.63) is 59.2 Å². The Morgan fingerprint density at radius 2 is 1.86 bits per heavy atom. The van der Waals surface area contributed by atoms with E-state index < -0.39 is 0 Å². The minimum absolute atomic E-state index is 0.0675. The molecule has 0 unspecified atom stereocenters. The first kappa shape index (κ1) is 18.9. The number of amides is 1. The number of carbonyl (C=O) groups excluding carboxylic acids is 1. The van der Waals surface area contributed by atoms with Gasteiger partial charge in [-0.05, 0) is 62.1 Å². The average Bonchev–Trinajstić information content (AvgIpc) is 2.93. The van der Waals surface area contributed by atoms with Gasteiger partial charge in [-0.3, -0.25) is 4.79 Å². The molecule has 0 spiro atoms. The Labute approximate surface area is 166 Å². The number of hydrogen-bond acceptors (Lipinski definition) is 3. The molecule has 0 radical (unpaired) electrons. The molecular weight excluding hydrogens is 350 g/mol. The van der Waals surface area contributed by atoms with Crippen molar-refractivity contribution in [1.29, 1.82) is 0 Å². The highest BCUT2D eigenvalue weighted by Crippen LogP contribution is 2.60. The van der Waals surface area contributed by atoms with Crippen LogP contribution >= 0.6 is 0 Å². The summed E-state index contributed by atoms with van der Waals surface area (Å²) in [5.74, 6) is 0.772. The summed E-state index contributed by atoms with van der Waals surface area (Å²) in [6.45, 7) is 6.31. The molecule has 148 valence electrons. The zero-order valence-corrected chi connectivity index (χ0v) is 16.8. The molecule has 1 aliphatic carbocycles. The van der Waals surface area contributed by atoms with E-state index in [1.54, 1.807) is 6.07 Å². The van der Waals surface area contributed by atoms with Gasteiger partial charge < -0.3 is 15.5 Å². The molecule has 0 bridgehead atoms. The Morgan fingerprint density at radius 3 is 2.50 bits per heavy atom. The fraction of sp³-hybridized carbons (Fsp3) is 0.458. The smallest absolute Gasteiger partial charge is 0.226 e. The maximum Gasteiger partial charge on any atom is 0.226 e. The van der Waals surface area contributed by atoms with E-state index in [2.05, 4.69) is 50.4 Å². The van der Waals surface area contributed by atoms with Crippen LogP contribution in [-0.4, -0.2) is 22.2 Å². The van der Waals surface area contributed by atoms with Gasteiger partial charge in [0.05, 0.1) is 5.41 Å². The number of aryl methyl sites for hydroxylation is 1. The molecule has 28 heavy (non-hydrogen) atoms. The Bertz CT molecular complexity index is 891. The second-order valence-electron chi connectivity index (χ2n) is 8.62. The third-order valence-electron chi connectivity index (χ3n) is 7.22. The van der Waals surface area contributed by atoms with Gasteiger partial charge in [0.25, 0.3) is 0 Å². The van der Waals surface area contributed by atoms with E-state index in [1.165, 1.54) is 17.2 Å². The van der Waals surface area contributed by atoms with E-state index in [-0.39, 0.29) is 46.6 Å². The normalized spacial score (nSPS) is 32.0. The van der Waals surface area contributed by atoms with Crippen LogP contribution in [0.1, 0.15) is 61.6 Å². The summed E-state index contributed by atoms with van der Waals surface area (Å²) in [4.78, 5) is 13.0. The Morgan fingerprint density at radius 1 is 1.14 bits per heavy atom. The minimum Gasteiger partial charge on any atom is -0.508 e. The molecule has 2 fully saturated rings. The number of fused-ring (bicyclic) bond motifs is 1. The SMILES string of the molecule is CC[C@@]12CC[C@@H](c3ccc(O)cc3O)[C@H](c3ccc(C)cc3)[C@@H]1[C@@H](C)NC2=O. The van der Waals surface area contributed by atoms with Gasteiger partial charge in [-0.15, -0.1) is 0 Å². The molecular formula is C24H29NO3. The summed E-state index contributed by atoms with van der Waals surface area (Å²) in [6, 6.07) is 13.6. The highest BCUT2D eigenvalue weighted by molar-refractivity contribution is 5.86. The topological polar surface area (TPSA) is 69.6 Å². The van der Waals surface area contributed by atoms with Gasteiger partial charge in [-0.1, -0.05) is 42.8 Å². The first-order chi connectivity index (χ1) is 13.4. The monoisotopic (exact) mass is 379 g/mol. The summed E-state index contributed by atoms with van der Waals surface area (Å²) in [5.41, 5.74) is 2.94. The number of phenols is 2. The van der Waals surface area contributed by atoms with Crippen LogP contribution in [0.2, 0.25) is 0 Å². The van der Waals surface area contributed by atoms with Gasteiger partial charge in [-0.2, -0.15) is 0 Å². The molecule has 1 saturated heterocycles. The van der Waals surface area contributed by atoms with Crippen molar-refractivity contribution in [2.75, 3.05) is 0 Å². The van der Waals surface area contributed by atoms with Crippen LogP contribution in [-0.2, 0) is 4.79 Å². The van der Waals surface area contributed by atoms with E-state index in [9.17, 15) is 15.0 Å². The first-order valence-corrected chi connectivity index (χ1v) is 10.3. The van der Waals surface area contributed by atoms with E-state index in [0.29, 0.717) is 0 Å². The molecule has 4 nitrogen and oxygen atoms in total. The number of hydrogen-bond donors (Lipinski definition) is 3. The highest BCUT2D eigenvalue weighted by atomic mass is 16.3. The summed E-state index contributed by atoms with van der Waals surface area (Å²) < 4.78 is 0. The lowest BCUT2D eigenvalue weighted by molar-refractivity contribution is -0.131. The van der Waals surface area contributed by atoms with Gasteiger partial charge in [0.15, 0.2) is 0 Å². The zero-order valence-electron chi connectivity index (χ0n) is 16.8. The summed E-state index contributed by atoms with van der Waals surface area (Å²) >= 11 is 0. The number of benzene rings is 2. The number of phenolic OH excluding ortho intramolecular Hbond substituents is 2. The fourth-order valence-corrected chi connectivity index (χ4v) is 5.84. The third-order valence-corrected chi connectivity index (χ3v) is 7.22. The van der Waals surface area contributed by atoms with Crippen molar-refractivity contribution >= 4 is 5.91 Å². The van der Waals surface area contributed by atoms with E-state index in [1.807, 2.05) is 6.07 Å². The second-order valence-corrected chi connectivity index (χ2v) is 8.62. The number of aromatic hydroxyl groups is 2. The van der Waals surface area contributed by atoms with Gasteiger partial charge in [0, 0.05) is 18.0 Å². The van der Waals surface area contributed by atoms with E-state index in [4.69, 9.17) is 0 Å². The molecule has 2 aliphatic rings. The molecule has 2 aromatic carbocycles. The van der Waals surface area contributed by atoms with Gasteiger partial charge >= 0.3 is 0 Å². The van der Waals surface area contributed by atoms with Crippen molar-refractivity contribution in [3.8, 4) is 11.5 Å². The van der Waals surface area contributed by atoms with Crippen LogP contribution in [0.25, 0.3) is 0 Å². The van der Waals surface area contributed by atoms with Crippen LogP contribution < -0.4 is 5.32 Å². The molecule has 3 N–H and O–H groups in total. The van der Waals surface area contributed by atoms with Crippen LogP contribution in [0, 0.1) is 18.3 Å². The lowest BCUT2D eigenvalue weighted by Crippen LogP contribution is -2.43. The minimum atomic E-state index is -0.349. The van der Waals surface area contributed by atoms with Crippen LogP contribution in [0.5, 0.6) is 11.5 Å². The van der Waals surface area contributed by atoms with E-state index in [0.717, 1.165) is 24.8 Å². The third kappa shape index (κ3) is 2.78. The largest absolute Gasteiger partial charge is 0.508 e. The lowest BCUT2D eigenvalue weighted by atomic mass is 9.54. The molecule has 4 rings (SSSR count). The van der Waals surface area contributed by atoms with Crippen molar-refractivity contribution < 1.29 is 15.0 Å². The molecule has 1 saturated carbocycles. The fourth-order valence-electron chi connectivity index (χ4n) is 5.84. The van der Waals surface area contributed by atoms with Crippen molar-refractivity contribution in [2.24, 2.45) is 11.3 Å².